The zero-order valence-corrected chi connectivity index (χ0v) is 11.1. The summed E-state index contributed by atoms with van der Waals surface area (Å²) in [6.07, 6.45) is -4.57. The first-order valence-electron chi connectivity index (χ1n) is 5.94. The molecule has 1 rings (SSSR count). The van der Waals surface area contributed by atoms with E-state index in [0.29, 0.717) is 29.4 Å². The van der Waals surface area contributed by atoms with Crippen LogP contribution in [0.5, 0.6) is 0 Å². The van der Waals surface area contributed by atoms with E-state index < -0.39 is 18.6 Å². The number of aromatic nitrogens is 2. The number of hydrazine groups is 1. The number of nitrogens with two attached hydrogens (primary N) is 1. The number of hydrogen-bond acceptors (Lipinski definition) is 5. The highest BCUT2D eigenvalue weighted by molar-refractivity contribution is 5.57. The van der Waals surface area contributed by atoms with Crippen LogP contribution < -0.4 is 16.6 Å². The van der Waals surface area contributed by atoms with Crippen LogP contribution >= 0.6 is 0 Å². The molecule has 0 spiro atoms. The average molecular weight is 277 g/mol. The van der Waals surface area contributed by atoms with Gasteiger partial charge in [-0.15, -0.1) is 0 Å². The number of halogens is 3. The molecular weight excluding hydrogens is 259 g/mol. The lowest BCUT2D eigenvalue weighted by molar-refractivity contribution is -0.136. The maximum Gasteiger partial charge on any atom is 0.391 e. The minimum absolute atomic E-state index is 0.372. The zero-order chi connectivity index (χ0) is 14.6. The lowest BCUT2D eigenvalue weighted by atomic mass is 10.2. The highest BCUT2D eigenvalue weighted by Crippen LogP contribution is 2.25. The summed E-state index contributed by atoms with van der Waals surface area (Å²) in [6, 6.07) is -0.774. The lowest BCUT2D eigenvalue weighted by Crippen LogP contribution is -2.25. The minimum atomic E-state index is -4.21. The van der Waals surface area contributed by atoms with Crippen molar-refractivity contribution in [3.8, 4) is 0 Å². The van der Waals surface area contributed by atoms with Crippen molar-refractivity contribution in [2.24, 2.45) is 5.84 Å². The van der Waals surface area contributed by atoms with Crippen molar-refractivity contribution in [1.29, 1.82) is 0 Å². The fourth-order valence-electron chi connectivity index (χ4n) is 1.63. The molecule has 1 atom stereocenters. The van der Waals surface area contributed by atoms with Gasteiger partial charge in [0.2, 0.25) is 0 Å². The molecule has 1 unspecified atom stereocenters. The van der Waals surface area contributed by atoms with E-state index in [1.54, 1.807) is 6.92 Å². The number of alkyl halides is 3. The summed E-state index contributed by atoms with van der Waals surface area (Å²) in [7, 11) is 0. The van der Waals surface area contributed by atoms with Crippen molar-refractivity contribution in [2.75, 3.05) is 10.7 Å². The number of nitrogens with one attached hydrogen (secondary N) is 2. The number of hydrogen-bond donors (Lipinski definition) is 3. The molecule has 0 aliphatic carbocycles. The van der Waals surface area contributed by atoms with Gasteiger partial charge >= 0.3 is 6.18 Å². The molecule has 0 radical (unpaired) electrons. The highest BCUT2D eigenvalue weighted by atomic mass is 19.4. The molecule has 0 saturated carbocycles. The molecule has 4 N–H and O–H groups in total. The fourth-order valence-corrected chi connectivity index (χ4v) is 1.63. The van der Waals surface area contributed by atoms with E-state index in [2.05, 4.69) is 20.7 Å². The molecule has 108 valence electrons. The Labute approximate surface area is 109 Å². The normalized spacial score (nSPS) is 13.2. The van der Waals surface area contributed by atoms with Crippen LogP contribution in [0.3, 0.4) is 0 Å². The summed E-state index contributed by atoms with van der Waals surface area (Å²) in [5.74, 6) is 6.62. The third-order valence-electron chi connectivity index (χ3n) is 2.57. The predicted octanol–water partition coefficient (Wildman–Crippen LogP) is 2.39. The molecule has 0 fully saturated rings. The van der Waals surface area contributed by atoms with Crippen LogP contribution in [-0.4, -0.2) is 22.2 Å². The first-order valence-corrected chi connectivity index (χ1v) is 5.94. The second-order valence-electron chi connectivity index (χ2n) is 4.32. The summed E-state index contributed by atoms with van der Waals surface area (Å²) < 4.78 is 36.9. The molecule has 19 heavy (non-hydrogen) atoms. The first kappa shape index (κ1) is 15.5. The lowest BCUT2D eigenvalue weighted by Gasteiger charge is -2.19. The van der Waals surface area contributed by atoms with E-state index in [-0.39, 0.29) is 0 Å². The third kappa shape index (κ3) is 4.55. The highest BCUT2D eigenvalue weighted by Gasteiger charge is 2.30. The standard InChI is InChI=1S/C11H18F3N5/c1-4-8-17-9(7(3)10(18-8)19-15)16-6(2)5-11(12,13)14/h6H,4-5,15H2,1-3H3,(H2,16,17,18,19). The van der Waals surface area contributed by atoms with E-state index in [1.165, 1.54) is 6.92 Å². The van der Waals surface area contributed by atoms with Crippen molar-refractivity contribution in [3.05, 3.63) is 11.4 Å². The van der Waals surface area contributed by atoms with Gasteiger partial charge < -0.3 is 10.7 Å². The minimum Gasteiger partial charge on any atom is -0.367 e. The molecule has 0 aliphatic heterocycles. The molecule has 0 bridgehead atoms. The van der Waals surface area contributed by atoms with Crippen LogP contribution in [0.4, 0.5) is 24.8 Å². The molecule has 8 heteroatoms. The maximum absolute atomic E-state index is 12.3. The second kappa shape index (κ2) is 6.05. The molecule has 0 aliphatic rings. The largest absolute Gasteiger partial charge is 0.391 e. The Morgan fingerprint density at radius 3 is 2.32 bits per heavy atom. The van der Waals surface area contributed by atoms with E-state index in [4.69, 9.17) is 5.84 Å². The van der Waals surface area contributed by atoms with Gasteiger partial charge in [0.05, 0.1) is 6.42 Å². The van der Waals surface area contributed by atoms with Gasteiger partial charge in [-0.1, -0.05) is 6.92 Å². The number of nitrogens with zero attached hydrogens (tertiary/aromatic N) is 2. The van der Waals surface area contributed by atoms with Crippen molar-refractivity contribution in [3.63, 3.8) is 0 Å². The van der Waals surface area contributed by atoms with Gasteiger partial charge in [-0.05, 0) is 13.8 Å². The molecule has 0 amide bonds. The Morgan fingerprint density at radius 1 is 1.26 bits per heavy atom. The van der Waals surface area contributed by atoms with Crippen LogP contribution in [0.2, 0.25) is 0 Å². The Kier molecular flexibility index (Phi) is 4.93. The molecular formula is C11H18F3N5. The van der Waals surface area contributed by atoms with E-state index in [0.717, 1.165) is 0 Å². The van der Waals surface area contributed by atoms with E-state index in [9.17, 15) is 13.2 Å². The summed E-state index contributed by atoms with van der Waals surface area (Å²) in [4.78, 5) is 8.33. The Bertz CT molecular complexity index is 433. The molecule has 0 saturated heterocycles. The van der Waals surface area contributed by atoms with Crippen molar-refractivity contribution in [2.45, 2.75) is 45.8 Å². The van der Waals surface area contributed by atoms with Crippen LogP contribution in [0.1, 0.15) is 31.7 Å². The summed E-state index contributed by atoms with van der Waals surface area (Å²) in [5, 5.41) is 2.75. The molecule has 0 aromatic carbocycles. The van der Waals surface area contributed by atoms with Crippen LogP contribution in [0, 0.1) is 6.92 Å². The van der Waals surface area contributed by atoms with Gasteiger partial charge in [0.25, 0.3) is 0 Å². The van der Waals surface area contributed by atoms with Gasteiger partial charge in [-0.25, -0.2) is 15.8 Å². The average Bonchev–Trinajstić information content (AvgIpc) is 2.29. The van der Waals surface area contributed by atoms with Crippen molar-refractivity contribution in [1.82, 2.24) is 9.97 Å². The number of anilines is 2. The van der Waals surface area contributed by atoms with E-state index in [1.807, 2.05) is 6.92 Å². The number of nitrogen functional groups attached to an aromatic ring is 1. The van der Waals surface area contributed by atoms with Crippen molar-refractivity contribution >= 4 is 11.6 Å². The monoisotopic (exact) mass is 277 g/mol. The third-order valence-corrected chi connectivity index (χ3v) is 2.57. The number of rotatable bonds is 5. The Balaban J connectivity index is 2.93. The van der Waals surface area contributed by atoms with Crippen molar-refractivity contribution < 1.29 is 13.2 Å². The van der Waals surface area contributed by atoms with Gasteiger partial charge in [-0.2, -0.15) is 13.2 Å². The SMILES string of the molecule is CCc1nc(NN)c(C)c(NC(C)CC(F)(F)F)n1. The van der Waals surface area contributed by atoms with Gasteiger partial charge in [0.1, 0.15) is 17.5 Å². The fraction of sp³-hybridized carbons (Fsp3) is 0.636. The molecule has 1 heterocycles. The molecule has 5 nitrogen and oxygen atoms in total. The topological polar surface area (TPSA) is 75.9 Å². The summed E-state index contributed by atoms with van der Waals surface area (Å²) in [6.45, 7) is 5.00. The number of aryl methyl sites for hydroxylation is 1. The van der Waals surface area contributed by atoms with Gasteiger partial charge in [-0.3, -0.25) is 0 Å². The Hall–Kier alpha value is -1.57. The van der Waals surface area contributed by atoms with Crippen LogP contribution in [-0.2, 0) is 6.42 Å². The van der Waals surface area contributed by atoms with Crippen LogP contribution in [0.15, 0.2) is 0 Å². The summed E-state index contributed by atoms with van der Waals surface area (Å²) >= 11 is 0. The maximum atomic E-state index is 12.3. The Morgan fingerprint density at radius 2 is 1.84 bits per heavy atom. The molecule has 1 aromatic rings. The van der Waals surface area contributed by atoms with E-state index >= 15 is 0 Å². The van der Waals surface area contributed by atoms with Gasteiger partial charge in [0, 0.05) is 18.0 Å². The smallest absolute Gasteiger partial charge is 0.367 e. The van der Waals surface area contributed by atoms with Gasteiger partial charge in [0.15, 0.2) is 0 Å². The van der Waals surface area contributed by atoms with Crippen LogP contribution in [0.25, 0.3) is 0 Å². The zero-order valence-electron chi connectivity index (χ0n) is 11.1. The predicted molar refractivity (Wildman–Crippen MR) is 67.7 cm³/mol. The molecule has 1 aromatic heterocycles. The second-order valence-corrected chi connectivity index (χ2v) is 4.32. The quantitative estimate of drug-likeness (QED) is 0.569. The summed E-state index contributed by atoms with van der Waals surface area (Å²) in [5.41, 5.74) is 3.01. The first-order chi connectivity index (χ1) is 8.76.